The number of nitrogen functional groups attached to an aromatic ring is 2. The van der Waals surface area contributed by atoms with Gasteiger partial charge in [0.25, 0.3) is 0 Å². The number of aromatic nitrogens is 8. The maximum absolute atomic E-state index is 16.0. The Morgan fingerprint density at radius 3 is 2.47 bits per heavy atom. The number of nitrogens with one attached hydrogen (secondary N) is 1. The predicted molar refractivity (Wildman–Crippen MR) is 156 cm³/mol. The number of ether oxygens (including phenoxy) is 2. The van der Waals surface area contributed by atoms with Gasteiger partial charge in [0.2, 0.25) is 0 Å². The summed E-state index contributed by atoms with van der Waals surface area (Å²) < 4.78 is 65.4. The lowest BCUT2D eigenvalue weighted by Crippen LogP contribution is -2.37. The minimum atomic E-state index is -4.42. The van der Waals surface area contributed by atoms with E-state index in [1.54, 1.807) is 0 Å². The van der Waals surface area contributed by atoms with Crippen molar-refractivity contribution >= 4 is 71.5 Å². The van der Waals surface area contributed by atoms with Gasteiger partial charge in [0.1, 0.15) is 54.2 Å². The number of aliphatic hydroxyl groups is 1. The van der Waals surface area contributed by atoms with Gasteiger partial charge in [0, 0.05) is 0 Å². The second kappa shape index (κ2) is 11.2. The van der Waals surface area contributed by atoms with E-state index in [-0.39, 0.29) is 34.0 Å². The number of nitrogens with zero attached hydrogens (tertiary/aromatic N) is 7. The largest absolute Gasteiger partial charge is 0.387 e. The van der Waals surface area contributed by atoms with Crippen LogP contribution in [0.5, 0.6) is 0 Å². The van der Waals surface area contributed by atoms with Crippen LogP contribution in [-0.2, 0) is 43.9 Å². The first-order valence-corrected chi connectivity index (χ1v) is 18.2. The first kappa shape index (κ1) is 31.0. The molecule has 10 atom stereocenters. The van der Waals surface area contributed by atoms with E-state index in [9.17, 15) is 19.4 Å². The van der Waals surface area contributed by atoms with E-state index in [1.165, 1.54) is 10.9 Å². The van der Waals surface area contributed by atoms with Crippen LogP contribution >= 0.6 is 25.8 Å². The van der Waals surface area contributed by atoms with Crippen LogP contribution in [0, 0.1) is 0 Å². The van der Waals surface area contributed by atoms with Crippen LogP contribution < -0.4 is 17.2 Å². The van der Waals surface area contributed by atoms with Gasteiger partial charge in [-0.2, -0.15) is 0 Å². The standard InChI is InChI=1S/C20H23FN10O10P2S2/c21-8-12-7(39-18(8)30-5-28-9-14(22)24-3-26-16(9)30)2-37-43(35,45)41-13-11(32)6(1-36-42(34,44)40-12)38-19(13)31-17-10(29-20(31)33)15(23)25-4-27-17/h3-8,11-13,18-19,32H,1-2H2,(H,29,33)(H,34,44)(H,35,45)(H2,22,24,26)(H2,23,25,27)/t6-,7-,8-,11-,12-,13-,18-,19-,42?,43?/m1/s1. The van der Waals surface area contributed by atoms with E-state index in [0.717, 1.165) is 17.2 Å². The SMILES string of the molecule is Nc1ncnc2c1ncn2[C@@H]1O[C@@H]2COP(O)(=S)O[C@@H]3[C@H](O)[C@@H](COP(=O)(S)O[C@H]2[C@H]1F)O[C@H]3n1c(=O)[nH]c2c(N)ncnc21. The molecule has 7 N–H and O–H groups in total. The lowest BCUT2D eigenvalue weighted by atomic mass is 10.1. The van der Waals surface area contributed by atoms with E-state index in [2.05, 4.69) is 42.2 Å². The first-order valence-electron chi connectivity index (χ1n) is 12.9. The molecule has 0 spiro atoms. The topological polar surface area (TPSA) is 272 Å². The molecule has 242 valence electrons. The number of alkyl halides is 1. The Bertz CT molecular complexity index is 1950. The molecule has 4 aromatic rings. The Kier molecular flexibility index (Phi) is 7.74. The number of nitrogens with two attached hydrogens (primary N) is 2. The predicted octanol–water partition coefficient (Wildman–Crippen LogP) is -0.310. The molecule has 0 saturated carbocycles. The minimum absolute atomic E-state index is 0.0161. The molecule has 4 aromatic heterocycles. The summed E-state index contributed by atoms with van der Waals surface area (Å²) in [6.45, 7) is -10.0. The Hall–Kier alpha value is -2.66. The monoisotopic (exact) mass is 708 g/mol. The minimum Gasteiger partial charge on any atom is -0.387 e. The number of anilines is 2. The van der Waals surface area contributed by atoms with Crippen molar-refractivity contribution in [1.29, 1.82) is 0 Å². The number of halogens is 1. The number of thiol groups is 1. The molecule has 7 heterocycles. The van der Waals surface area contributed by atoms with Crippen molar-refractivity contribution in [1.82, 2.24) is 39.0 Å². The summed E-state index contributed by atoms with van der Waals surface area (Å²) in [5, 5.41) is 11.1. The van der Waals surface area contributed by atoms with E-state index in [4.69, 9.17) is 50.8 Å². The first-order chi connectivity index (χ1) is 21.3. The van der Waals surface area contributed by atoms with Crippen molar-refractivity contribution in [3.8, 4) is 0 Å². The zero-order valence-corrected chi connectivity index (χ0v) is 25.8. The zero-order valence-electron chi connectivity index (χ0n) is 22.3. The molecule has 7 rings (SSSR count). The van der Waals surface area contributed by atoms with Crippen molar-refractivity contribution in [3.63, 3.8) is 0 Å². The van der Waals surface area contributed by atoms with Gasteiger partial charge in [-0.15, -0.1) is 0 Å². The molecular formula is C20H23FN10O10P2S2. The summed E-state index contributed by atoms with van der Waals surface area (Å²) in [4.78, 5) is 46.4. The molecule has 0 aromatic carbocycles. The van der Waals surface area contributed by atoms with Gasteiger partial charge in [0.05, 0.1) is 19.5 Å². The van der Waals surface area contributed by atoms with Crippen LogP contribution in [0.1, 0.15) is 12.5 Å². The number of H-pyrrole nitrogens is 1. The van der Waals surface area contributed by atoms with Crippen molar-refractivity contribution in [2.24, 2.45) is 0 Å². The van der Waals surface area contributed by atoms with Crippen LogP contribution in [0.15, 0.2) is 23.8 Å². The van der Waals surface area contributed by atoms with Gasteiger partial charge in [-0.25, -0.2) is 43.2 Å². The van der Waals surface area contributed by atoms with E-state index in [1.807, 2.05) is 0 Å². The molecule has 45 heavy (non-hydrogen) atoms. The lowest BCUT2D eigenvalue weighted by Gasteiger charge is -2.27. The second-order valence-electron chi connectivity index (χ2n) is 10.1. The van der Waals surface area contributed by atoms with Gasteiger partial charge < -0.3 is 40.4 Å². The van der Waals surface area contributed by atoms with Gasteiger partial charge in [-0.1, -0.05) is 12.2 Å². The number of rotatable bonds is 2. The number of hydrogen-bond acceptors (Lipinski definition) is 17. The summed E-state index contributed by atoms with van der Waals surface area (Å²) in [7, 11) is 0. The smallest absolute Gasteiger partial charge is 0.386 e. The number of imidazole rings is 2. The summed E-state index contributed by atoms with van der Waals surface area (Å²) in [5.74, 6) is -0.00307. The molecule has 0 radical (unpaired) electrons. The molecule has 2 bridgehead atoms. The fourth-order valence-corrected chi connectivity index (χ4v) is 8.20. The molecule has 2 unspecified atom stereocenters. The lowest BCUT2D eigenvalue weighted by molar-refractivity contribution is -0.0595. The molecule has 3 aliphatic heterocycles. The average Bonchev–Trinajstić information content (AvgIpc) is 3.71. The molecular weight excluding hydrogens is 685 g/mol. The highest BCUT2D eigenvalue weighted by atomic mass is 32.7. The molecule has 25 heteroatoms. The normalized spacial score (nSPS) is 37.7. The molecule has 3 fully saturated rings. The van der Waals surface area contributed by atoms with Gasteiger partial charge in [0.15, 0.2) is 41.6 Å². The number of aromatic amines is 1. The quantitative estimate of drug-likeness (QED) is 0.115. The summed E-state index contributed by atoms with van der Waals surface area (Å²) in [5.41, 5.74) is 11.3. The van der Waals surface area contributed by atoms with Crippen LogP contribution in [0.25, 0.3) is 22.3 Å². The van der Waals surface area contributed by atoms with Crippen LogP contribution in [0.3, 0.4) is 0 Å². The highest BCUT2D eigenvalue weighted by Crippen LogP contribution is 2.58. The number of hydrogen-bond donors (Lipinski definition) is 6. The van der Waals surface area contributed by atoms with Crippen molar-refractivity contribution in [3.05, 3.63) is 29.5 Å². The molecule has 20 nitrogen and oxygen atoms in total. The van der Waals surface area contributed by atoms with Crippen molar-refractivity contribution in [2.75, 3.05) is 24.7 Å². The fourth-order valence-electron chi connectivity index (χ4n) is 5.31. The van der Waals surface area contributed by atoms with Gasteiger partial charge in [-0.3, -0.25) is 18.1 Å². The van der Waals surface area contributed by atoms with Crippen LogP contribution in [0.2, 0.25) is 0 Å². The Balaban J connectivity index is 1.22. The summed E-state index contributed by atoms with van der Waals surface area (Å²) >= 11 is 9.19. The third-order valence-corrected chi connectivity index (χ3v) is 10.5. The van der Waals surface area contributed by atoms with Crippen LogP contribution in [0.4, 0.5) is 16.0 Å². The van der Waals surface area contributed by atoms with Gasteiger partial charge >= 0.3 is 19.2 Å². The third kappa shape index (κ3) is 5.45. The molecule has 3 aliphatic rings. The number of aliphatic hydroxyl groups excluding tert-OH is 1. The third-order valence-electron chi connectivity index (χ3n) is 7.34. The summed E-state index contributed by atoms with van der Waals surface area (Å²) in [6, 6.07) is 0. The number of fused-ring (bicyclic) bond motifs is 5. The zero-order chi connectivity index (χ0) is 31.8. The maximum Gasteiger partial charge on any atom is 0.386 e. The highest BCUT2D eigenvalue weighted by molar-refractivity contribution is 8.44. The maximum atomic E-state index is 16.0. The fraction of sp³-hybridized carbons (Fsp3) is 0.500. The van der Waals surface area contributed by atoms with Gasteiger partial charge in [-0.05, 0) is 11.8 Å². The summed E-state index contributed by atoms with van der Waals surface area (Å²) in [6.07, 6.45) is -9.06. The Labute approximate surface area is 260 Å². The van der Waals surface area contributed by atoms with E-state index < -0.39 is 81.6 Å². The molecule has 3 saturated heterocycles. The Morgan fingerprint density at radius 2 is 1.69 bits per heavy atom. The molecule has 0 amide bonds. The molecule has 0 aliphatic carbocycles. The van der Waals surface area contributed by atoms with E-state index in [0.29, 0.717) is 0 Å². The average molecular weight is 709 g/mol. The van der Waals surface area contributed by atoms with Crippen LogP contribution in [-0.4, -0.2) is 98.9 Å². The van der Waals surface area contributed by atoms with Crippen molar-refractivity contribution in [2.45, 2.75) is 49.1 Å². The van der Waals surface area contributed by atoms with Crippen molar-refractivity contribution < 1.29 is 46.5 Å². The highest BCUT2D eigenvalue weighted by Gasteiger charge is 2.53. The Morgan fingerprint density at radius 1 is 1.00 bits per heavy atom. The van der Waals surface area contributed by atoms with E-state index >= 15 is 4.39 Å². The second-order valence-corrected chi connectivity index (χ2v) is 15.7.